The van der Waals surface area contributed by atoms with E-state index in [2.05, 4.69) is 10.3 Å². The van der Waals surface area contributed by atoms with Gasteiger partial charge in [-0.25, -0.2) is 4.98 Å². The van der Waals surface area contributed by atoms with E-state index in [9.17, 15) is 14.9 Å². The lowest BCUT2D eigenvalue weighted by Crippen LogP contribution is -2.07. The zero-order chi connectivity index (χ0) is 19.9. The first kappa shape index (κ1) is 19.2. The van der Waals surface area contributed by atoms with Crippen LogP contribution in [-0.2, 0) is 4.79 Å². The number of nitro benzene ring substituents is 1. The molecule has 28 heavy (non-hydrogen) atoms. The van der Waals surface area contributed by atoms with Crippen LogP contribution in [0.25, 0.3) is 17.3 Å². The van der Waals surface area contributed by atoms with Gasteiger partial charge in [0.25, 0.3) is 5.69 Å². The molecule has 0 aliphatic heterocycles. The normalized spacial score (nSPS) is 10.8. The summed E-state index contributed by atoms with van der Waals surface area (Å²) in [7, 11) is 0. The monoisotopic (exact) mass is 395 g/mol. The van der Waals surface area contributed by atoms with E-state index < -0.39 is 4.92 Å². The average Bonchev–Trinajstić information content (AvgIpc) is 3.16. The van der Waals surface area contributed by atoms with Crippen LogP contribution in [-0.4, -0.2) is 22.4 Å². The molecule has 1 aromatic heterocycles. The highest BCUT2D eigenvalue weighted by atomic mass is 32.1. The third-order valence-corrected chi connectivity index (χ3v) is 4.50. The second-order valence-corrected chi connectivity index (χ2v) is 6.49. The quantitative estimate of drug-likeness (QED) is 0.353. The van der Waals surface area contributed by atoms with Gasteiger partial charge in [0.2, 0.25) is 5.91 Å². The average molecular weight is 395 g/mol. The van der Waals surface area contributed by atoms with Crippen molar-refractivity contribution in [3.05, 3.63) is 75.7 Å². The summed E-state index contributed by atoms with van der Waals surface area (Å²) in [5.74, 6) is 0.402. The summed E-state index contributed by atoms with van der Waals surface area (Å²) in [6.45, 7) is 2.44. The van der Waals surface area contributed by atoms with Crippen LogP contribution in [0.3, 0.4) is 0 Å². The molecule has 0 fully saturated rings. The summed E-state index contributed by atoms with van der Waals surface area (Å²) >= 11 is 1.28. The molecule has 1 N–H and O–H groups in total. The van der Waals surface area contributed by atoms with Crippen LogP contribution >= 0.6 is 11.3 Å². The summed E-state index contributed by atoms with van der Waals surface area (Å²) in [4.78, 5) is 26.8. The second-order valence-electron chi connectivity index (χ2n) is 5.64. The molecule has 0 saturated heterocycles. The van der Waals surface area contributed by atoms with Gasteiger partial charge in [-0.15, -0.1) is 11.3 Å². The van der Waals surface area contributed by atoms with E-state index >= 15 is 0 Å². The van der Waals surface area contributed by atoms with Crippen molar-refractivity contribution in [3.8, 4) is 17.0 Å². The van der Waals surface area contributed by atoms with Gasteiger partial charge in [0, 0.05) is 34.7 Å². The minimum absolute atomic E-state index is 0.0185. The molecule has 0 radical (unpaired) electrons. The number of nitrogens with one attached hydrogen (secondary N) is 1. The van der Waals surface area contributed by atoms with Gasteiger partial charge in [0.05, 0.1) is 17.2 Å². The van der Waals surface area contributed by atoms with Crippen molar-refractivity contribution in [1.82, 2.24) is 4.98 Å². The molecule has 7 nitrogen and oxygen atoms in total. The van der Waals surface area contributed by atoms with Crippen LogP contribution in [0.4, 0.5) is 10.8 Å². The topological polar surface area (TPSA) is 94.4 Å². The first-order chi connectivity index (χ1) is 13.6. The van der Waals surface area contributed by atoms with Crippen molar-refractivity contribution in [2.24, 2.45) is 0 Å². The number of hydrogen-bond acceptors (Lipinski definition) is 6. The summed E-state index contributed by atoms with van der Waals surface area (Å²) in [5, 5.41) is 15.7. The molecular formula is C20H17N3O4S. The number of non-ortho nitro benzene ring substituents is 1. The van der Waals surface area contributed by atoms with Gasteiger partial charge in [0.15, 0.2) is 5.13 Å². The van der Waals surface area contributed by atoms with E-state index in [1.54, 1.807) is 23.6 Å². The fourth-order valence-electron chi connectivity index (χ4n) is 2.44. The maximum absolute atomic E-state index is 12.2. The molecule has 1 heterocycles. The van der Waals surface area contributed by atoms with Crippen molar-refractivity contribution in [2.75, 3.05) is 11.9 Å². The summed E-state index contributed by atoms with van der Waals surface area (Å²) in [6, 6.07) is 13.6. The largest absolute Gasteiger partial charge is 0.493 e. The summed E-state index contributed by atoms with van der Waals surface area (Å²) < 4.78 is 5.53. The predicted molar refractivity (Wildman–Crippen MR) is 109 cm³/mol. The minimum atomic E-state index is -0.452. The number of ether oxygens (including phenoxy) is 1. The zero-order valence-corrected chi connectivity index (χ0v) is 15.8. The highest BCUT2D eigenvalue weighted by molar-refractivity contribution is 7.14. The van der Waals surface area contributed by atoms with Crippen LogP contribution in [0.1, 0.15) is 12.5 Å². The van der Waals surface area contributed by atoms with Crippen molar-refractivity contribution in [1.29, 1.82) is 0 Å². The highest BCUT2D eigenvalue weighted by Crippen LogP contribution is 2.26. The van der Waals surface area contributed by atoms with E-state index in [1.807, 2.05) is 31.2 Å². The first-order valence-corrected chi connectivity index (χ1v) is 9.36. The van der Waals surface area contributed by atoms with E-state index in [4.69, 9.17) is 4.74 Å². The Morgan fingerprint density at radius 2 is 2.00 bits per heavy atom. The van der Waals surface area contributed by atoms with Crippen LogP contribution in [0, 0.1) is 10.1 Å². The molecule has 2 aromatic carbocycles. The van der Waals surface area contributed by atoms with Crippen molar-refractivity contribution in [2.45, 2.75) is 6.92 Å². The Bertz CT molecular complexity index is 1010. The Morgan fingerprint density at radius 1 is 1.25 bits per heavy atom. The van der Waals surface area contributed by atoms with Gasteiger partial charge < -0.3 is 4.74 Å². The number of aromatic nitrogens is 1. The lowest BCUT2D eigenvalue weighted by molar-refractivity contribution is -0.384. The SMILES string of the molecule is CCOc1ccccc1C=CC(=O)Nc1nc(-c2ccc([N+](=O)[O-])cc2)cs1. The number of para-hydroxylation sites is 1. The van der Waals surface area contributed by atoms with Gasteiger partial charge in [-0.2, -0.15) is 0 Å². The molecule has 0 atom stereocenters. The van der Waals surface area contributed by atoms with Gasteiger partial charge in [0.1, 0.15) is 5.75 Å². The van der Waals surface area contributed by atoms with Gasteiger partial charge in [-0.05, 0) is 31.2 Å². The third-order valence-electron chi connectivity index (χ3n) is 3.74. The van der Waals surface area contributed by atoms with Crippen LogP contribution in [0.2, 0.25) is 0 Å². The molecule has 8 heteroatoms. The molecule has 0 unspecified atom stereocenters. The summed E-state index contributed by atoms with van der Waals surface area (Å²) in [6.07, 6.45) is 3.11. The highest BCUT2D eigenvalue weighted by Gasteiger charge is 2.09. The van der Waals surface area contributed by atoms with Crippen LogP contribution in [0.15, 0.2) is 60.0 Å². The molecule has 3 rings (SSSR count). The van der Waals surface area contributed by atoms with Gasteiger partial charge in [-0.3, -0.25) is 20.2 Å². The predicted octanol–water partition coefficient (Wildman–Crippen LogP) is 4.77. The molecule has 0 saturated carbocycles. The number of amides is 1. The molecule has 142 valence electrons. The number of carbonyl (C=O) groups excluding carboxylic acids is 1. The molecule has 0 bridgehead atoms. The minimum Gasteiger partial charge on any atom is -0.493 e. The Morgan fingerprint density at radius 3 is 2.71 bits per heavy atom. The van der Waals surface area contributed by atoms with E-state index in [0.717, 1.165) is 11.1 Å². The Kier molecular flexibility index (Phi) is 6.13. The van der Waals surface area contributed by atoms with Crippen molar-refractivity contribution >= 4 is 34.1 Å². The number of hydrogen-bond donors (Lipinski definition) is 1. The fourth-order valence-corrected chi connectivity index (χ4v) is 3.16. The lowest BCUT2D eigenvalue weighted by Gasteiger charge is -2.06. The van der Waals surface area contributed by atoms with E-state index in [1.165, 1.54) is 29.5 Å². The molecule has 0 aliphatic carbocycles. The maximum Gasteiger partial charge on any atom is 0.269 e. The fraction of sp³-hybridized carbons (Fsp3) is 0.100. The standard InChI is InChI=1S/C20H17N3O4S/c1-2-27-18-6-4-3-5-15(18)9-12-19(24)22-20-21-17(13-28-20)14-7-10-16(11-8-14)23(25)26/h3-13H,2H2,1H3,(H,21,22,24). The number of rotatable bonds is 7. The smallest absolute Gasteiger partial charge is 0.269 e. The van der Waals surface area contributed by atoms with E-state index in [-0.39, 0.29) is 11.6 Å². The number of nitro groups is 1. The number of carbonyl (C=O) groups is 1. The Labute approximate surface area is 165 Å². The third kappa shape index (κ3) is 4.80. The van der Waals surface area contributed by atoms with Crippen molar-refractivity contribution < 1.29 is 14.5 Å². The summed E-state index contributed by atoms with van der Waals surface area (Å²) in [5.41, 5.74) is 2.21. The molecule has 1 amide bonds. The number of nitrogens with zero attached hydrogens (tertiary/aromatic N) is 2. The second kappa shape index (κ2) is 8.92. The molecule has 3 aromatic rings. The van der Waals surface area contributed by atoms with Gasteiger partial charge in [-0.1, -0.05) is 18.2 Å². The number of benzene rings is 2. The zero-order valence-electron chi connectivity index (χ0n) is 15.0. The first-order valence-electron chi connectivity index (χ1n) is 8.48. The lowest BCUT2D eigenvalue weighted by atomic mass is 10.1. The van der Waals surface area contributed by atoms with Gasteiger partial charge >= 0.3 is 0 Å². The Hall–Kier alpha value is -3.52. The maximum atomic E-state index is 12.2. The molecule has 0 aliphatic rings. The van der Waals surface area contributed by atoms with Crippen LogP contribution in [0.5, 0.6) is 5.75 Å². The van der Waals surface area contributed by atoms with E-state index in [0.29, 0.717) is 23.2 Å². The number of anilines is 1. The molecule has 0 spiro atoms. The van der Waals surface area contributed by atoms with Crippen LogP contribution < -0.4 is 10.1 Å². The molecular weight excluding hydrogens is 378 g/mol. The Balaban J connectivity index is 1.66. The number of thiazole rings is 1. The van der Waals surface area contributed by atoms with Crippen molar-refractivity contribution in [3.63, 3.8) is 0 Å².